The highest BCUT2D eigenvalue weighted by molar-refractivity contribution is 6.33. The van der Waals surface area contributed by atoms with Crippen LogP contribution in [0.5, 0.6) is 0 Å². The van der Waals surface area contributed by atoms with Gasteiger partial charge in [0.05, 0.1) is 11.3 Å². The van der Waals surface area contributed by atoms with Crippen molar-refractivity contribution in [2.24, 2.45) is 0 Å². The van der Waals surface area contributed by atoms with Crippen molar-refractivity contribution in [3.8, 4) is 22.9 Å². The number of rotatable bonds is 4. The standard InChI is InChI=1S/C15H10ClN5O2/c16-12-5-2-1-4-11(12)15-17-20-21(18-15)9-10-8-14(23-19-10)13-6-3-7-22-13/h1-8H,9H2. The molecule has 0 aliphatic rings. The SMILES string of the molecule is Clc1ccccc1-c1nnn(Cc2cc(-c3ccco3)on2)n1. The zero-order valence-corrected chi connectivity index (χ0v) is 12.5. The van der Waals surface area contributed by atoms with E-state index in [1.165, 1.54) is 4.80 Å². The molecule has 114 valence electrons. The van der Waals surface area contributed by atoms with Crippen LogP contribution in [0.1, 0.15) is 5.69 Å². The molecule has 7 nitrogen and oxygen atoms in total. The highest BCUT2D eigenvalue weighted by Crippen LogP contribution is 2.24. The van der Waals surface area contributed by atoms with Crippen molar-refractivity contribution in [3.05, 3.63) is 59.4 Å². The molecular formula is C15H10ClN5O2. The summed E-state index contributed by atoms with van der Waals surface area (Å²) in [4.78, 5) is 1.43. The van der Waals surface area contributed by atoms with Crippen LogP contribution >= 0.6 is 11.6 Å². The highest BCUT2D eigenvalue weighted by atomic mass is 35.5. The van der Waals surface area contributed by atoms with Crippen molar-refractivity contribution in [2.75, 3.05) is 0 Å². The second-order valence-corrected chi connectivity index (χ2v) is 5.19. The van der Waals surface area contributed by atoms with Crippen molar-refractivity contribution in [1.82, 2.24) is 25.4 Å². The maximum Gasteiger partial charge on any atom is 0.206 e. The monoisotopic (exact) mass is 327 g/mol. The summed E-state index contributed by atoms with van der Waals surface area (Å²) < 4.78 is 10.5. The Labute approximate surface area is 135 Å². The Morgan fingerprint density at radius 1 is 1.09 bits per heavy atom. The predicted molar refractivity (Wildman–Crippen MR) is 81.6 cm³/mol. The lowest BCUT2D eigenvalue weighted by atomic mass is 10.2. The molecule has 3 heterocycles. The van der Waals surface area contributed by atoms with Gasteiger partial charge in [0.1, 0.15) is 12.2 Å². The summed E-state index contributed by atoms with van der Waals surface area (Å²) >= 11 is 6.13. The van der Waals surface area contributed by atoms with Crippen LogP contribution in [0.4, 0.5) is 0 Å². The number of halogens is 1. The molecule has 0 atom stereocenters. The summed E-state index contributed by atoms with van der Waals surface area (Å²) in [5.74, 6) is 1.63. The summed E-state index contributed by atoms with van der Waals surface area (Å²) in [7, 11) is 0. The van der Waals surface area contributed by atoms with Crippen LogP contribution in [0.15, 0.2) is 57.7 Å². The van der Waals surface area contributed by atoms with E-state index in [4.69, 9.17) is 20.5 Å². The van der Waals surface area contributed by atoms with Gasteiger partial charge in [0.15, 0.2) is 5.76 Å². The van der Waals surface area contributed by atoms with E-state index in [1.807, 2.05) is 18.2 Å². The first kappa shape index (κ1) is 13.7. The quantitative estimate of drug-likeness (QED) is 0.572. The Morgan fingerprint density at radius 3 is 2.83 bits per heavy atom. The molecule has 0 amide bonds. The zero-order valence-electron chi connectivity index (χ0n) is 11.8. The van der Waals surface area contributed by atoms with Gasteiger partial charge in [-0.3, -0.25) is 0 Å². The van der Waals surface area contributed by atoms with Crippen molar-refractivity contribution in [2.45, 2.75) is 6.54 Å². The molecule has 0 N–H and O–H groups in total. The van der Waals surface area contributed by atoms with Crippen LogP contribution in [0.3, 0.4) is 0 Å². The zero-order chi connectivity index (χ0) is 15.6. The van der Waals surface area contributed by atoms with Gasteiger partial charge in [0.25, 0.3) is 0 Å². The molecule has 0 aliphatic carbocycles. The van der Waals surface area contributed by atoms with Crippen LogP contribution in [0.25, 0.3) is 22.9 Å². The van der Waals surface area contributed by atoms with Gasteiger partial charge in [-0.25, -0.2) is 0 Å². The fourth-order valence-corrected chi connectivity index (χ4v) is 2.35. The molecule has 0 unspecified atom stereocenters. The average molecular weight is 328 g/mol. The second kappa shape index (κ2) is 5.69. The van der Waals surface area contributed by atoms with E-state index < -0.39 is 0 Å². The molecule has 0 aliphatic heterocycles. The third-order valence-corrected chi connectivity index (χ3v) is 3.52. The van der Waals surface area contributed by atoms with Crippen molar-refractivity contribution in [3.63, 3.8) is 0 Å². The topological polar surface area (TPSA) is 82.8 Å². The normalized spacial score (nSPS) is 11.0. The molecule has 8 heteroatoms. The fourth-order valence-electron chi connectivity index (χ4n) is 2.13. The number of aromatic nitrogens is 5. The lowest BCUT2D eigenvalue weighted by Gasteiger charge is -1.96. The Morgan fingerprint density at radius 2 is 2.00 bits per heavy atom. The van der Waals surface area contributed by atoms with Gasteiger partial charge in [-0.15, -0.1) is 10.2 Å². The van der Waals surface area contributed by atoms with Crippen LogP contribution in [-0.4, -0.2) is 25.4 Å². The molecule has 4 aromatic rings. The van der Waals surface area contributed by atoms with Gasteiger partial charge in [0, 0.05) is 11.6 Å². The van der Waals surface area contributed by atoms with Crippen molar-refractivity contribution < 1.29 is 8.94 Å². The second-order valence-electron chi connectivity index (χ2n) is 4.78. The molecule has 1 aromatic carbocycles. The van der Waals surface area contributed by atoms with Crippen molar-refractivity contribution >= 4 is 11.6 Å². The van der Waals surface area contributed by atoms with Crippen molar-refractivity contribution in [1.29, 1.82) is 0 Å². The fraction of sp³-hybridized carbons (Fsp3) is 0.0667. The molecule has 3 aromatic heterocycles. The molecule has 23 heavy (non-hydrogen) atoms. The smallest absolute Gasteiger partial charge is 0.206 e. The molecular weight excluding hydrogens is 318 g/mol. The van der Waals surface area contributed by atoms with E-state index >= 15 is 0 Å². The Kier molecular flexibility index (Phi) is 3.39. The predicted octanol–water partition coefficient (Wildman–Crippen LogP) is 3.29. The van der Waals surface area contributed by atoms with Gasteiger partial charge in [-0.1, -0.05) is 28.9 Å². The summed E-state index contributed by atoms with van der Waals surface area (Å²) in [6, 6.07) is 12.7. The first-order valence-electron chi connectivity index (χ1n) is 6.82. The Hall–Kier alpha value is -2.93. The van der Waals surface area contributed by atoms with Gasteiger partial charge < -0.3 is 8.94 Å². The Balaban J connectivity index is 1.55. The van der Waals surface area contributed by atoms with E-state index in [2.05, 4.69) is 20.6 Å². The summed E-state index contributed by atoms with van der Waals surface area (Å²) in [5.41, 5.74) is 1.40. The molecule has 0 spiro atoms. The first-order chi connectivity index (χ1) is 11.3. The van der Waals surface area contributed by atoms with Gasteiger partial charge in [0.2, 0.25) is 11.6 Å². The minimum Gasteiger partial charge on any atom is -0.461 e. The lowest BCUT2D eigenvalue weighted by molar-refractivity contribution is 0.404. The van der Waals surface area contributed by atoms with Crippen LogP contribution in [0.2, 0.25) is 5.02 Å². The van der Waals surface area contributed by atoms with Gasteiger partial charge in [-0.05, 0) is 29.5 Å². The average Bonchev–Trinajstić information content (AvgIpc) is 3.29. The summed E-state index contributed by atoms with van der Waals surface area (Å²) in [6.07, 6.45) is 1.58. The summed E-state index contributed by atoms with van der Waals surface area (Å²) in [5, 5.41) is 16.9. The number of furan rings is 1. The maximum absolute atomic E-state index is 6.13. The maximum atomic E-state index is 6.13. The minimum atomic E-state index is 0.335. The molecule has 0 radical (unpaired) electrons. The number of tetrazole rings is 1. The van der Waals surface area contributed by atoms with E-state index in [0.717, 1.165) is 5.56 Å². The van der Waals surface area contributed by atoms with E-state index in [-0.39, 0.29) is 0 Å². The number of benzene rings is 1. The van der Waals surface area contributed by atoms with E-state index in [0.29, 0.717) is 34.6 Å². The molecule has 0 fully saturated rings. The van der Waals surface area contributed by atoms with E-state index in [1.54, 1.807) is 30.5 Å². The molecule has 0 bridgehead atoms. The van der Waals surface area contributed by atoms with Crippen LogP contribution in [0, 0.1) is 0 Å². The third kappa shape index (κ3) is 2.74. The number of hydrogen-bond acceptors (Lipinski definition) is 6. The van der Waals surface area contributed by atoms with Gasteiger partial charge >= 0.3 is 0 Å². The largest absolute Gasteiger partial charge is 0.461 e. The number of nitrogens with zero attached hydrogens (tertiary/aromatic N) is 5. The minimum absolute atomic E-state index is 0.335. The van der Waals surface area contributed by atoms with Crippen LogP contribution < -0.4 is 0 Å². The van der Waals surface area contributed by atoms with Crippen LogP contribution in [-0.2, 0) is 6.54 Å². The van der Waals surface area contributed by atoms with E-state index in [9.17, 15) is 0 Å². The molecule has 4 rings (SSSR count). The summed E-state index contributed by atoms with van der Waals surface area (Å²) in [6.45, 7) is 0.335. The third-order valence-electron chi connectivity index (χ3n) is 3.19. The first-order valence-corrected chi connectivity index (χ1v) is 7.19. The van der Waals surface area contributed by atoms with Gasteiger partial charge in [-0.2, -0.15) is 4.80 Å². The molecule has 0 saturated carbocycles. The highest BCUT2D eigenvalue weighted by Gasteiger charge is 2.13. The lowest BCUT2D eigenvalue weighted by Crippen LogP contribution is -2.04. The number of hydrogen-bond donors (Lipinski definition) is 0. The Bertz CT molecular complexity index is 929. The molecule has 0 saturated heterocycles.